The van der Waals surface area contributed by atoms with E-state index in [0.717, 1.165) is 6.42 Å². The van der Waals surface area contributed by atoms with E-state index in [-0.39, 0.29) is 6.04 Å². The summed E-state index contributed by atoms with van der Waals surface area (Å²) in [6, 6.07) is 3.88. The van der Waals surface area contributed by atoms with Gasteiger partial charge in [0.25, 0.3) is 0 Å². The van der Waals surface area contributed by atoms with Gasteiger partial charge in [-0.05, 0) is 25.3 Å². The highest BCUT2D eigenvalue weighted by atomic mass is 19.1. The largest absolute Gasteiger partial charge is 0.380 e. The molecule has 2 rings (SSSR count). The molecule has 2 atom stereocenters. The molecule has 1 aliphatic rings. The van der Waals surface area contributed by atoms with Gasteiger partial charge in [-0.3, -0.25) is 4.98 Å². The van der Waals surface area contributed by atoms with E-state index in [2.05, 4.69) is 16.4 Å². The van der Waals surface area contributed by atoms with Crippen molar-refractivity contribution in [3.05, 3.63) is 24.0 Å². The van der Waals surface area contributed by atoms with Gasteiger partial charge >= 0.3 is 0 Å². The van der Waals surface area contributed by atoms with E-state index in [9.17, 15) is 4.39 Å². The molecular weight excluding hydrogens is 193 g/mol. The minimum Gasteiger partial charge on any atom is -0.380 e. The molecule has 1 aliphatic carbocycles. The van der Waals surface area contributed by atoms with Gasteiger partial charge < -0.3 is 5.32 Å². The first-order valence-corrected chi connectivity index (χ1v) is 5.04. The lowest BCUT2D eigenvalue weighted by molar-refractivity contribution is 0.341. The minimum absolute atomic E-state index is 0.135. The SMILES string of the molecule is N#Cc1ccncc1NC1CCC(F)C1. The zero-order valence-corrected chi connectivity index (χ0v) is 8.28. The standard InChI is InChI=1S/C11H12FN3/c12-9-1-2-10(5-9)15-11-7-14-4-3-8(11)6-13/h3-4,7,9-10,15H,1-2,5H2. The summed E-state index contributed by atoms with van der Waals surface area (Å²) in [4.78, 5) is 3.95. The number of nitriles is 1. The van der Waals surface area contributed by atoms with E-state index >= 15 is 0 Å². The zero-order valence-electron chi connectivity index (χ0n) is 8.28. The fourth-order valence-corrected chi connectivity index (χ4v) is 1.88. The van der Waals surface area contributed by atoms with Crippen LogP contribution in [0.1, 0.15) is 24.8 Å². The Kier molecular flexibility index (Phi) is 2.82. The number of hydrogen-bond donors (Lipinski definition) is 1. The third-order valence-electron chi connectivity index (χ3n) is 2.67. The lowest BCUT2D eigenvalue weighted by Crippen LogP contribution is -2.16. The van der Waals surface area contributed by atoms with Crippen molar-refractivity contribution in [2.45, 2.75) is 31.5 Å². The Hall–Kier alpha value is -1.63. The second-order valence-corrected chi connectivity index (χ2v) is 3.78. The number of nitrogens with zero attached hydrogens (tertiary/aromatic N) is 2. The average molecular weight is 205 g/mol. The molecule has 1 aromatic heterocycles. The van der Waals surface area contributed by atoms with Crippen LogP contribution in [-0.2, 0) is 0 Å². The number of nitrogens with one attached hydrogen (secondary N) is 1. The Bertz CT molecular complexity index is 386. The summed E-state index contributed by atoms with van der Waals surface area (Å²) in [6.07, 6.45) is 4.45. The Morgan fingerprint density at radius 1 is 1.53 bits per heavy atom. The molecule has 0 spiro atoms. The summed E-state index contributed by atoms with van der Waals surface area (Å²) in [5.74, 6) is 0. The van der Waals surface area contributed by atoms with Crippen LogP contribution in [0.15, 0.2) is 18.5 Å². The molecule has 0 amide bonds. The van der Waals surface area contributed by atoms with Gasteiger partial charge in [-0.1, -0.05) is 0 Å². The van der Waals surface area contributed by atoms with E-state index in [1.54, 1.807) is 18.5 Å². The lowest BCUT2D eigenvalue weighted by atomic mass is 10.2. The van der Waals surface area contributed by atoms with Gasteiger partial charge in [0, 0.05) is 12.2 Å². The van der Waals surface area contributed by atoms with E-state index in [4.69, 9.17) is 5.26 Å². The van der Waals surface area contributed by atoms with Crippen molar-refractivity contribution in [3.63, 3.8) is 0 Å². The molecule has 0 radical (unpaired) electrons. The van der Waals surface area contributed by atoms with Crippen LogP contribution < -0.4 is 5.32 Å². The highest BCUT2D eigenvalue weighted by Gasteiger charge is 2.24. The van der Waals surface area contributed by atoms with Crippen molar-refractivity contribution < 1.29 is 4.39 Å². The number of aromatic nitrogens is 1. The Morgan fingerprint density at radius 2 is 2.40 bits per heavy atom. The fourth-order valence-electron chi connectivity index (χ4n) is 1.88. The van der Waals surface area contributed by atoms with Crippen molar-refractivity contribution in [2.24, 2.45) is 0 Å². The van der Waals surface area contributed by atoms with Crippen LogP contribution in [0, 0.1) is 11.3 Å². The van der Waals surface area contributed by atoms with E-state index < -0.39 is 6.17 Å². The first kappa shape index (κ1) is 9.91. The van der Waals surface area contributed by atoms with Gasteiger partial charge in [-0.15, -0.1) is 0 Å². The predicted molar refractivity (Wildman–Crippen MR) is 55.1 cm³/mol. The van der Waals surface area contributed by atoms with E-state index in [1.807, 2.05) is 0 Å². The Labute approximate surface area is 87.9 Å². The molecule has 15 heavy (non-hydrogen) atoms. The quantitative estimate of drug-likeness (QED) is 0.805. The Morgan fingerprint density at radius 3 is 3.07 bits per heavy atom. The van der Waals surface area contributed by atoms with Crippen molar-refractivity contribution in [1.82, 2.24) is 4.98 Å². The van der Waals surface area contributed by atoms with E-state index in [1.165, 1.54) is 0 Å². The van der Waals surface area contributed by atoms with Crippen LogP contribution in [0.2, 0.25) is 0 Å². The molecule has 1 aromatic rings. The highest BCUT2D eigenvalue weighted by molar-refractivity contribution is 5.55. The van der Waals surface area contributed by atoms with Gasteiger partial charge in [-0.2, -0.15) is 5.26 Å². The molecule has 1 N–H and O–H groups in total. The van der Waals surface area contributed by atoms with Gasteiger partial charge in [0.05, 0.1) is 17.4 Å². The monoisotopic (exact) mass is 205 g/mol. The third-order valence-corrected chi connectivity index (χ3v) is 2.67. The van der Waals surface area contributed by atoms with Crippen LogP contribution in [0.3, 0.4) is 0 Å². The molecule has 0 bridgehead atoms. The van der Waals surface area contributed by atoms with Crippen LogP contribution >= 0.6 is 0 Å². The smallest absolute Gasteiger partial charge is 0.102 e. The zero-order chi connectivity index (χ0) is 10.7. The third kappa shape index (κ3) is 2.24. The molecule has 1 fully saturated rings. The molecular formula is C11H12FN3. The minimum atomic E-state index is -0.704. The molecule has 0 aromatic carbocycles. The number of halogens is 1. The number of hydrogen-bond acceptors (Lipinski definition) is 3. The first-order chi connectivity index (χ1) is 7.29. The number of alkyl halides is 1. The van der Waals surface area contributed by atoms with Crippen LogP contribution in [0.4, 0.5) is 10.1 Å². The first-order valence-electron chi connectivity index (χ1n) is 5.04. The lowest BCUT2D eigenvalue weighted by Gasteiger charge is -2.13. The number of pyridine rings is 1. The van der Waals surface area contributed by atoms with Gasteiger partial charge in [0.1, 0.15) is 12.2 Å². The second-order valence-electron chi connectivity index (χ2n) is 3.78. The van der Waals surface area contributed by atoms with Gasteiger partial charge in [0.2, 0.25) is 0 Å². The summed E-state index contributed by atoms with van der Waals surface area (Å²) in [7, 11) is 0. The van der Waals surface area contributed by atoms with Gasteiger partial charge in [-0.25, -0.2) is 4.39 Å². The highest BCUT2D eigenvalue weighted by Crippen LogP contribution is 2.25. The Balaban J connectivity index is 2.08. The molecule has 2 unspecified atom stereocenters. The summed E-state index contributed by atoms with van der Waals surface area (Å²) in [5, 5.41) is 12.0. The van der Waals surface area contributed by atoms with Crippen LogP contribution in [-0.4, -0.2) is 17.2 Å². The number of rotatable bonds is 2. The summed E-state index contributed by atoms with van der Waals surface area (Å²) >= 11 is 0. The predicted octanol–water partition coefficient (Wildman–Crippen LogP) is 2.26. The van der Waals surface area contributed by atoms with Gasteiger partial charge in [0.15, 0.2) is 0 Å². The molecule has 1 heterocycles. The molecule has 1 saturated carbocycles. The average Bonchev–Trinajstić information content (AvgIpc) is 2.65. The fraction of sp³-hybridized carbons (Fsp3) is 0.455. The topological polar surface area (TPSA) is 48.7 Å². The molecule has 0 aliphatic heterocycles. The normalized spacial score (nSPS) is 24.8. The molecule has 78 valence electrons. The van der Waals surface area contributed by atoms with Crippen LogP contribution in [0.25, 0.3) is 0 Å². The maximum Gasteiger partial charge on any atom is 0.102 e. The maximum atomic E-state index is 12.9. The van der Waals surface area contributed by atoms with Crippen molar-refractivity contribution in [3.8, 4) is 6.07 Å². The van der Waals surface area contributed by atoms with Crippen molar-refractivity contribution >= 4 is 5.69 Å². The summed E-state index contributed by atoms with van der Waals surface area (Å²) in [6.45, 7) is 0. The molecule has 0 saturated heterocycles. The summed E-state index contributed by atoms with van der Waals surface area (Å²) in [5.41, 5.74) is 1.27. The molecule has 3 nitrogen and oxygen atoms in total. The summed E-state index contributed by atoms with van der Waals surface area (Å²) < 4.78 is 12.9. The van der Waals surface area contributed by atoms with E-state index in [0.29, 0.717) is 24.1 Å². The molecule has 4 heteroatoms. The second kappa shape index (κ2) is 4.26. The maximum absolute atomic E-state index is 12.9. The van der Waals surface area contributed by atoms with Crippen LogP contribution in [0.5, 0.6) is 0 Å². The number of anilines is 1. The van der Waals surface area contributed by atoms with Crippen molar-refractivity contribution in [2.75, 3.05) is 5.32 Å². The van der Waals surface area contributed by atoms with Crippen molar-refractivity contribution in [1.29, 1.82) is 5.26 Å².